The van der Waals surface area contributed by atoms with Crippen LogP contribution in [0.2, 0.25) is 0 Å². The number of fused-ring (bicyclic) bond motifs is 7. The quantitative estimate of drug-likeness (QED) is 0.186. The van der Waals surface area contributed by atoms with E-state index < -0.39 is 0 Å². The molecule has 0 atom stereocenters. The molecule has 0 spiro atoms. The zero-order valence-corrected chi connectivity index (χ0v) is 25.3. The molecule has 0 fully saturated rings. The number of hydrogen-bond acceptors (Lipinski definition) is 2. The molecular weight excluding hydrogens is 571 g/mol. The molecule has 47 heavy (non-hydrogen) atoms. The minimum absolute atomic E-state index is 0.840. The van der Waals surface area contributed by atoms with Gasteiger partial charge in [-0.05, 0) is 73.5 Å². The Kier molecular flexibility index (Phi) is 4.84. The zero-order chi connectivity index (χ0) is 30.6. The molecule has 1 aliphatic carbocycles. The van der Waals surface area contributed by atoms with Gasteiger partial charge in [0, 0.05) is 21.7 Å². The predicted molar refractivity (Wildman–Crippen MR) is 196 cm³/mol. The molecule has 0 aliphatic heterocycles. The molecule has 2 heterocycles. The van der Waals surface area contributed by atoms with Crippen LogP contribution in [0.4, 0.5) is 0 Å². The summed E-state index contributed by atoms with van der Waals surface area (Å²) in [5.41, 5.74) is 11.0. The van der Waals surface area contributed by atoms with Crippen LogP contribution in [-0.2, 0) is 0 Å². The Hall–Kier alpha value is -6.32. The van der Waals surface area contributed by atoms with Gasteiger partial charge < -0.3 is 0 Å². The predicted octanol–water partition coefficient (Wildman–Crippen LogP) is 11.5. The molecule has 216 valence electrons. The summed E-state index contributed by atoms with van der Waals surface area (Å²) in [7, 11) is 0. The van der Waals surface area contributed by atoms with Gasteiger partial charge in [0.2, 0.25) is 0 Å². The van der Waals surface area contributed by atoms with E-state index in [1.807, 2.05) is 0 Å². The molecule has 0 saturated heterocycles. The topological polar surface area (TPSA) is 30.7 Å². The highest BCUT2D eigenvalue weighted by molar-refractivity contribution is 6.30. The summed E-state index contributed by atoms with van der Waals surface area (Å²) in [6, 6.07) is 54.7. The number of rotatable bonds is 2. The lowest BCUT2D eigenvalue weighted by Crippen LogP contribution is -2.04. The van der Waals surface area contributed by atoms with Crippen LogP contribution in [0.3, 0.4) is 0 Å². The van der Waals surface area contributed by atoms with Crippen molar-refractivity contribution >= 4 is 65.2 Å². The van der Waals surface area contributed by atoms with Gasteiger partial charge in [-0.1, -0.05) is 127 Å². The van der Waals surface area contributed by atoms with Gasteiger partial charge in [0.25, 0.3) is 0 Å². The Morgan fingerprint density at radius 1 is 0.404 bits per heavy atom. The summed E-state index contributed by atoms with van der Waals surface area (Å²) in [6.45, 7) is 0. The largest absolute Gasteiger partial charge is 0.292 e. The molecule has 2 aromatic heterocycles. The standard InChI is InChI=1S/C44H25N3/c1-2-11-29-25-30(20-19-26(29)9-1)42-44(46-43-31-13-4-3-10-27(31)21-23-36(43)45-42)47-37-18-8-17-35-33-15-6-5-14-32(33)34-16-7-12-28-22-24-38(47)41(39(28)34)40(35)37/h1-25H. The van der Waals surface area contributed by atoms with E-state index in [1.54, 1.807) is 0 Å². The fourth-order valence-electron chi connectivity index (χ4n) is 8.02. The monoisotopic (exact) mass is 595 g/mol. The summed E-state index contributed by atoms with van der Waals surface area (Å²) >= 11 is 0. The van der Waals surface area contributed by atoms with Crippen molar-refractivity contribution in [1.29, 1.82) is 0 Å². The van der Waals surface area contributed by atoms with Crippen LogP contribution in [0.5, 0.6) is 0 Å². The normalized spacial score (nSPS) is 12.3. The first-order valence-corrected chi connectivity index (χ1v) is 16.1. The summed E-state index contributed by atoms with van der Waals surface area (Å²) in [5, 5.41) is 9.71. The molecule has 0 amide bonds. The van der Waals surface area contributed by atoms with Gasteiger partial charge >= 0.3 is 0 Å². The average molecular weight is 596 g/mol. The van der Waals surface area contributed by atoms with E-state index in [2.05, 4.69) is 156 Å². The third-order valence-electron chi connectivity index (χ3n) is 10.1. The molecule has 0 saturated carbocycles. The summed E-state index contributed by atoms with van der Waals surface area (Å²) < 4.78 is 2.37. The molecule has 1 aliphatic rings. The van der Waals surface area contributed by atoms with Crippen molar-refractivity contribution in [3.8, 4) is 39.3 Å². The van der Waals surface area contributed by atoms with Gasteiger partial charge in [0.1, 0.15) is 5.69 Å². The summed E-state index contributed by atoms with van der Waals surface area (Å²) in [6.07, 6.45) is 0. The van der Waals surface area contributed by atoms with Crippen molar-refractivity contribution in [2.45, 2.75) is 0 Å². The Labute approximate surface area is 270 Å². The molecule has 0 N–H and O–H groups in total. The highest BCUT2D eigenvalue weighted by atomic mass is 15.1. The molecular formula is C44H25N3. The first-order valence-electron chi connectivity index (χ1n) is 16.1. The van der Waals surface area contributed by atoms with E-state index in [4.69, 9.17) is 9.97 Å². The second kappa shape index (κ2) is 9.12. The van der Waals surface area contributed by atoms with Crippen LogP contribution in [0.25, 0.3) is 104 Å². The number of nitrogens with zero attached hydrogens (tertiary/aromatic N) is 3. The maximum absolute atomic E-state index is 5.60. The summed E-state index contributed by atoms with van der Waals surface area (Å²) in [5.74, 6) is 0.840. The van der Waals surface area contributed by atoms with Gasteiger partial charge in [-0.15, -0.1) is 0 Å². The minimum Gasteiger partial charge on any atom is -0.292 e. The van der Waals surface area contributed by atoms with Crippen molar-refractivity contribution in [2.24, 2.45) is 0 Å². The van der Waals surface area contributed by atoms with Crippen molar-refractivity contribution in [2.75, 3.05) is 0 Å². The highest BCUT2D eigenvalue weighted by Crippen LogP contribution is 2.50. The van der Waals surface area contributed by atoms with E-state index in [-0.39, 0.29) is 0 Å². The van der Waals surface area contributed by atoms with E-state index in [0.29, 0.717) is 0 Å². The minimum atomic E-state index is 0.840. The zero-order valence-electron chi connectivity index (χ0n) is 25.3. The molecule has 8 aromatic carbocycles. The number of aromatic nitrogens is 3. The average Bonchev–Trinajstić information content (AvgIpc) is 3.42. The van der Waals surface area contributed by atoms with Crippen LogP contribution >= 0.6 is 0 Å². The lowest BCUT2D eigenvalue weighted by Gasteiger charge is -2.16. The molecule has 0 unspecified atom stereocenters. The van der Waals surface area contributed by atoms with E-state index in [0.717, 1.165) is 49.9 Å². The molecule has 3 nitrogen and oxygen atoms in total. The second-order valence-electron chi connectivity index (χ2n) is 12.6. The maximum atomic E-state index is 5.60. The Balaban J connectivity index is 1.35. The van der Waals surface area contributed by atoms with Gasteiger partial charge in [0.15, 0.2) is 5.82 Å². The van der Waals surface area contributed by atoms with Gasteiger partial charge in [0.05, 0.1) is 22.1 Å². The highest BCUT2D eigenvalue weighted by Gasteiger charge is 2.26. The van der Waals surface area contributed by atoms with Crippen LogP contribution in [-0.4, -0.2) is 14.5 Å². The van der Waals surface area contributed by atoms with Crippen LogP contribution in [0, 0.1) is 0 Å². The lowest BCUT2D eigenvalue weighted by atomic mass is 9.93. The maximum Gasteiger partial charge on any atom is 0.165 e. The first-order chi connectivity index (χ1) is 23.3. The fraction of sp³-hybridized carbons (Fsp3) is 0. The Morgan fingerprint density at radius 3 is 1.91 bits per heavy atom. The molecule has 0 radical (unpaired) electrons. The Morgan fingerprint density at radius 2 is 1.04 bits per heavy atom. The van der Waals surface area contributed by atoms with Crippen molar-refractivity contribution in [3.63, 3.8) is 0 Å². The van der Waals surface area contributed by atoms with Crippen molar-refractivity contribution in [3.05, 3.63) is 152 Å². The van der Waals surface area contributed by atoms with Crippen molar-refractivity contribution < 1.29 is 0 Å². The number of hydrogen-bond donors (Lipinski definition) is 0. The van der Waals surface area contributed by atoms with Gasteiger partial charge in [-0.25, -0.2) is 9.97 Å². The van der Waals surface area contributed by atoms with Crippen LogP contribution in [0.1, 0.15) is 0 Å². The smallest absolute Gasteiger partial charge is 0.165 e. The van der Waals surface area contributed by atoms with E-state index >= 15 is 0 Å². The second-order valence-corrected chi connectivity index (χ2v) is 12.6. The molecule has 0 bridgehead atoms. The molecule has 11 rings (SSSR count). The Bertz CT molecular complexity index is 2970. The third kappa shape index (κ3) is 3.35. The lowest BCUT2D eigenvalue weighted by molar-refractivity contribution is 1.08. The van der Waals surface area contributed by atoms with E-state index in [9.17, 15) is 0 Å². The van der Waals surface area contributed by atoms with E-state index in [1.165, 1.54) is 54.6 Å². The molecule has 3 heteroatoms. The third-order valence-corrected chi connectivity index (χ3v) is 10.1. The van der Waals surface area contributed by atoms with Crippen LogP contribution < -0.4 is 0 Å². The molecule has 10 aromatic rings. The SMILES string of the molecule is c1ccc2c(c1)-c1cccc3ccc4c(c13)c1c-2cccc1n4-c1nc2c(ccc3ccccc32)nc1-c1ccc2ccccc2c1. The van der Waals surface area contributed by atoms with Crippen LogP contribution in [0.15, 0.2) is 152 Å². The first kappa shape index (κ1) is 24.9. The summed E-state index contributed by atoms with van der Waals surface area (Å²) in [4.78, 5) is 11.0. The fourth-order valence-corrected chi connectivity index (χ4v) is 8.02. The van der Waals surface area contributed by atoms with Gasteiger partial charge in [-0.2, -0.15) is 0 Å². The van der Waals surface area contributed by atoms with Crippen molar-refractivity contribution in [1.82, 2.24) is 14.5 Å². The van der Waals surface area contributed by atoms with Gasteiger partial charge in [-0.3, -0.25) is 4.57 Å². The number of benzene rings is 8.